The number of rotatable bonds is 6. The maximum atomic E-state index is 12.0. The van der Waals surface area contributed by atoms with Crippen LogP contribution in [0, 0.1) is 5.92 Å². The van der Waals surface area contributed by atoms with Gasteiger partial charge >= 0.3 is 5.63 Å². The molecule has 0 bridgehead atoms. The molecule has 1 aromatic heterocycles. The normalized spacial score (nSPS) is 11.9. The second kappa shape index (κ2) is 6.91. The molecule has 0 saturated carbocycles. The van der Waals surface area contributed by atoms with Crippen LogP contribution in [0.1, 0.15) is 12.0 Å². The Morgan fingerprint density at radius 2 is 2.27 bits per heavy atom. The Morgan fingerprint density at radius 1 is 1.50 bits per heavy atom. The number of methoxy groups -OCH3 is 1. The largest absolute Gasteiger partial charge is 0.497 e. The molecule has 2 rings (SSSR count). The van der Waals surface area contributed by atoms with Gasteiger partial charge in [-0.2, -0.15) is 0 Å². The molecule has 6 heteroatoms. The van der Waals surface area contributed by atoms with Crippen LogP contribution in [0.3, 0.4) is 0 Å². The Labute approximate surface area is 127 Å². The van der Waals surface area contributed by atoms with Gasteiger partial charge in [0, 0.05) is 16.9 Å². The van der Waals surface area contributed by atoms with Crippen molar-refractivity contribution in [3.05, 3.63) is 52.9 Å². The van der Waals surface area contributed by atoms with E-state index in [4.69, 9.17) is 14.4 Å². The van der Waals surface area contributed by atoms with Crippen LogP contribution < -0.4 is 15.8 Å². The summed E-state index contributed by atoms with van der Waals surface area (Å²) in [5, 5.41) is 9.47. The third kappa shape index (κ3) is 3.35. The van der Waals surface area contributed by atoms with Crippen LogP contribution in [0.25, 0.3) is 11.0 Å². The fourth-order valence-corrected chi connectivity index (χ4v) is 2.25. The molecule has 0 saturated heterocycles. The lowest BCUT2D eigenvalue weighted by molar-refractivity contribution is -0.133. The van der Waals surface area contributed by atoms with Crippen molar-refractivity contribution in [2.24, 2.45) is 5.92 Å². The van der Waals surface area contributed by atoms with Gasteiger partial charge in [-0.15, -0.1) is 6.58 Å². The van der Waals surface area contributed by atoms with Gasteiger partial charge in [-0.3, -0.25) is 10.0 Å². The van der Waals surface area contributed by atoms with Crippen LogP contribution in [0.4, 0.5) is 0 Å². The number of allylic oxidation sites excluding steroid dienone is 1. The van der Waals surface area contributed by atoms with Crippen molar-refractivity contribution in [3.8, 4) is 5.75 Å². The molecule has 0 aliphatic heterocycles. The monoisotopic (exact) mass is 303 g/mol. The van der Waals surface area contributed by atoms with Gasteiger partial charge in [0.05, 0.1) is 7.11 Å². The van der Waals surface area contributed by atoms with E-state index >= 15 is 0 Å². The lowest BCUT2D eigenvalue weighted by Crippen LogP contribution is -2.30. The molecular formula is C16H17NO5. The van der Waals surface area contributed by atoms with Crippen molar-refractivity contribution in [1.29, 1.82) is 0 Å². The average molecular weight is 303 g/mol. The molecule has 2 aromatic rings. The number of amides is 1. The maximum Gasteiger partial charge on any atom is 0.339 e. The molecule has 1 aromatic carbocycles. The van der Waals surface area contributed by atoms with E-state index in [1.807, 2.05) is 0 Å². The SMILES string of the molecule is C=CCC(Cc1cc2cc(OC)ccc2oc1=O)C(=O)NO. The highest BCUT2D eigenvalue weighted by molar-refractivity contribution is 5.80. The van der Waals surface area contributed by atoms with Gasteiger partial charge in [-0.05, 0) is 37.1 Å². The number of carbonyl (C=O) groups excluding carboxylic acids is 1. The molecule has 1 atom stereocenters. The van der Waals surface area contributed by atoms with Gasteiger partial charge < -0.3 is 9.15 Å². The van der Waals surface area contributed by atoms with E-state index in [2.05, 4.69) is 6.58 Å². The number of ether oxygens (including phenoxy) is 1. The molecule has 0 spiro atoms. The third-order valence-electron chi connectivity index (χ3n) is 3.41. The fraction of sp³-hybridized carbons (Fsp3) is 0.250. The first-order chi connectivity index (χ1) is 10.6. The number of hydrogen-bond donors (Lipinski definition) is 2. The molecule has 116 valence electrons. The number of hydroxylamine groups is 1. The van der Waals surface area contributed by atoms with Gasteiger partial charge in [0.1, 0.15) is 11.3 Å². The molecule has 22 heavy (non-hydrogen) atoms. The topological polar surface area (TPSA) is 88.8 Å². The summed E-state index contributed by atoms with van der Waals surface area (Å²) in [6, 6.07) is 6.77. The van der Waals surface area contributed by atoms with E-state index in [1.165, 1.54) is 0 Å². The predicted octanol–water partition coefficient (Wildman–Crippen LogP) is 2.04. The first kappa shape index (κ1) is 15.8. The Kier molecular flexibility index (Phi) is 4.95. The predicted molar refractivity (Wildman–Crippen MR) is 81.0 cm³/mol. The summed E-state index contributed by atoms with van der Waals surface area (Å²) in [5.74, 6) is -0.512. The van der Waals surface area contributed by atoms with Crippen molar-refractivity contribution >= 4 is 16.9 Å². The van der Waals surface area contributed by atoms with E-state index in [0.717, 1.165) is 0 Å². The van der Waals surface area contributed by atoms with E-state index in [-0.39, 0.29) is 6.42 Å². The van der Waals surface area contributed by atoms with Crippen LogP contribution in [0.15, 0.2) is 46.1 Å². The number of hydrogen-bond acceptors (Lipinski definition) is 5. The standard InChI is InChI=1S/C16H17NO5/c1-3-4-10(15(18)17-20)7-12-8-11-9-13(21-2)5-6-14(11)22-16(12)19/h3,5-6,8-10,20H,1,4,7H2,2H3,(H,17,18). The second-order valence-electron chi connectivity index (χ2n) is 4.86. The molecular weight excluding hydrogens is 286 g/mol. The summed E-state index contributed by atoms with van der Waals surface area (Å²) in [6.45, 7) is 3.57. The molecule has 6 nitrogen and oxygen atoms in total. The highest BCUT2D eigenvalue weighted by atomic mass is 16.5. The van der Waals surface area contributed by atoms with Crippen molar-refractivity contribution < 1.29 is 19.2 Å². The minimum Gasteiger partial charge on any atom is -0.497 e. The lowest BCUT2D eigenvalue weighted by atomic mass is 9.96. The molecule has 0 radical (unpaired) electrons. The summed E-state index contributed by atoms with van der Waals surface area (Å²) in [7, 11) is 1.55. The summed E-state index contributed by atoms with van der Waals surface area (Å²) in [5.41, 5.74) is 1.91. The zero-order valence-electron chi connectivity index (χ0n) is 12.2. The van der Waals surface area contributed by atoms with Crippen molar-refractivity contribution in [3.63, 3.8) is 0 Å². The van der Waals surface area contributed by atoms with Gasteiger partial charge in [0.25, 0.3) is 0 Å². The molecule has 2 N–H and O–H groups in total. The third-order valence-corrected chi connectivity index (χ3v) is 3.41. The summed E-state index contributed by atoms with van der Waals surface area (Å²) in [6.07, 6.45) is 2.04. The minimum absolute atomic E-state index is 0.147. The van der Waals surface area contributed by atoms with Crippen LogP contribution in [-0.2, 0) is 11.2 Å². The van der Waals surface area contributed by atoms with Crippen LogP contribution in [0.5, 0.6) is 5.75 Å². The van der Waals surface area contributed by atoms with Gasteiger partial charge in [-0.25, -0.2) is 10.3 Å². The van der Waals surface area contributed by atoms with Gasteiger partial charge in [0.2, 0.25) is 5.91 Å². The molecule has 1 unspecified atom stereocenters. The van der Waals surface area contributed by atoms with E-state index in [9.17, 15) is 9.59 Å². The highest BCUT2D eigenvalue weighted by Crippen LogP contribution is 2.21. The molecule has 1 amide bonds. The number of carbonyl (C=O) groups is 1. The van der Waals surface area contributed by atoms with E-state index in [1.54, 1.807) is 42.9 Å². The number of benzene rings is 1. The Bertz CT molecular complexity index is 750. The van der Waals surface area contributed by atoms with E-state index in [0.29, 0.717) is 28.7 Å². The number of fused-ring (bicyclic) bond motifs is 1. The van der Waals surface area contributed by atoms with Crippen LogP contribution in [0.2, 0.25) is 0 Å². The molecule has 0 aliphatic carbocycles. The Hall–Kier alpha value is -2.60. The summed E-state index contributed by atoms with van der Waals surface area (Å²) >= 11 is 0. The lowest BCUT2D eigenvalue weighted by Gasteiger charge is -2.12. The minimum atomic E-state index is -0.589. The zero-order chi connectivity index (χ0) is 16.1. The van der Waals surface area contributed by atoms with Gasteiger partial charge in [0.15, 0.2) is 0 Å². The van der Waals surface area contributed by atoms with Crippen molar-refractivity contribution in [2.75, 3.05) is 7.11 Å². The quantitative estimate of drug-likeness (QED) is 0.369. The Balaban J connectivity index is 2.40. The van der Waals surface area contributed by atoms with Gasteiger partial charge in [-0.1, -0.05) is 6.08 Å². The van der Waals surface area contributed by atoms with E-state index < -0.39 is 17.5 Å². The second-order valence-corrected chi connectivity index (χ2v) is 4.86. The molecule has 0 aliphatic rings. The fourth-order valence-electron chi connectivity index (χ4n) is 2.25. The summed E-state index contributed by atoms with van der Waals surface area (Å²) < 4.78 is 10.4. The maximum absolute atomic E-state index is 12.0. The average Bonchev–Trinajstić information content (AvgIpc) is 2.53. The smallest absolute Gasteiger partial charge is 0.339 e. The molecule has 1 heterocycles. The Morgan fingerprint density at radius 3 is 2.91 bits per heavy atom. The number of nitrogens with one attached hydrogen (secondary N) is 1. The summed E-state index contributed by atoms with van der Waals surface area (Å²) in [4.78, 5) is 23.6. The first-order valence-electron chi connectivity index (χ1n) is 6.74. The molecule has 0 fully saturated rings. The first-order valence-corrected chi connectivity index (χ1v) is 6.74. The van der Waals surface area contributed by atoms with Crippen LogP contribution in [-0.4, -0.2) is 18.2 Å². The van der Waals surface area contributed by atoms with Crippen molar-refractivity contribution in [2.45, 2.75) is 12.8 Å². The van der Waals surface area contributed by atoms with Crippen LogP contribution >= 0.6 is 0 Å². The van der Waals surface area contributed by atoms with Crippen molar-refractivity contribution in [1.82, 2.24) is 5.48 Å². The highest BCUT2D eigenvalue weighted by Gasteiger charge is 2.19. The zero-order valence-corrected chi connectivity index (χ0v) is 12.2.